The van der Waals surface area contributed by atoms with Crippen LogP contribution in [0.2, 0.25) is 0 Å². The van der Waals surface area contributed by atoms with Crippen molar-refractivity contribution in [3.63, 3.8) is 0 Å². The highest BCUT2D eigenvalue weighted by Gasteiger charge is 2.39. The second kappa shape index (κ2) is 5.68. The van der Waals surface area contributed by atoms with Gasteiger partial charge in [-0.1, -0.05) is 12.1 Å². The molecule has 0 fully saturated rings. The van der Waals surface area contributed by atoms with Gasteiger partial charge in [0.2, 0.25) is 0 Å². The van der Waals surface area contributed by atoms with Crippen molar-refractivity contribution in [2.45, 2.75) is 58.3 Å². The first-order valence-electron chi connectivity index (χ1n) is 6.86. The van der Waals surface area contributed by atoms with Gasteiger partial charge in [-0.25, -0.2) is 4.39 Å². The largest absolute Gasteiger partial charge is 0.491 e. The predicted octanol–water partition coefficient (Wildman–Crippen LogP) is 1.31. The van der Waals surface area contributed by atoms with E-state index in [0.29, 0.717) is 0 Å². The zero-order valence-electron chi connectivity index (χ0n) is 13.4. The second-order valence-electron chi connectivity index (χ2n) is 6.84. The molecule has 21 heavy (non-hydrogen) atoms. The molecule has 0 saturated heterocycles. The fraction of sp³-hybridized carbons (Fsp3) is 0.600. The molecule has 118 valence electrons. The third kappa shape index (κ3) is 4.26. The van der Waals surface area contributed by atoms with Gasteiger partial charge >= 0.3 is 7.12 Å². The average molecular weight is 298 g/mol. The Morgan fingerprint density at radius 1 is 1.05 bits per heavy atom. The van der Waals surface area contributed by atoms with Crippen LogP contribution in [0, 0.1) is 5.82 Å². The highest BCUT2D eigenvalue weighted by atomic mass is 19.1. The van der Waals surface area contributed by atoms with E-state index >= 15 is 0 Å². The van der Waals surface area contributed by atoms with Gasteiger partial charge in [0, 0.05) is 5.56 Å². The van der Waals surface area contributed by atoms with E-state index < -0.39 is 29.7 Å². The van der Waals surface area contributed by atoms with Crippen LogP contribution in [-0.4, -0.2) is 33.6 Å². The van der Waals surface area contributed by atoms with Crippen LogP contribution in [0.15, 0.2) is 18.2 Å². The van der Waals surface area contributed by atoms with E-state index in [-0.39, 0.29) is 11.0 Å². The Morgan fingerprint density at radius 3 is 1.95 bits per heavy atom. The topological polar surface area (TPSA) is 69.9 Å². The van der Waals surface area contributed by atoms with Crippen LogP contribution in [0.3, 0.4) is 0 Å². The molecule has 0 heterocycles. The van der Waals surface area contributed by atoms with Gasteiger partial charge in [0.15, 0.2) is 0 Å². The van der Waals surface area contributed by atoms with Crippen molar-refractivity contribution in [1.29, 1.82) is 0 Å². The quantitative estimate of drug-likeness (QED) is 0.717. The standard InChI is InChI=1S/C15H24BFO4/c1-13(2,18)11-8-7-10(9-12(11)17)16(20)21-15(5,6)14(3,4)19/h7-9,18-20H,1-6H3. The Morgan fingerprint density at radius 2 is 1.57 bits per heavy atom. The van der Waals surface area contributed by atoms with E-state index in [1.54, 1.807) is 27.7 Å². The van der Waals surface area contributed by atoms with Gasteiger partial charge in [-0.15, -0.1) is 0 Å². The van der Waals surface area contributed by atoms with Crippen molar-refractivity contribution >= 4 is 12.6 Å². The van der Waals surface area contributed by atoms with Crippen molar-refractivity contribution in [3.05, 3.63) is 29.6 Å². The average Bonchev–Trinajstić information content (AvgIpc) is 2.24. The molecule has 0 amide bonds. The lowest BCUT2D eigenvalue weighted by molar-refractivity contribution is -0.0982. The number of rotatable bonds is 5. The summed E-state index contributed by atoms with van der Waals surface area (Å²) < 4.78 is 19.4. The third-order valence-corrected chi connectivity index (χ3v) is 3.82. The summed E-state index contributed by atoms with van der Waals surface area (Å²) in [4.78, 5) is 0. The number of benzene rings is 1. The SMILES string of the molecule is CC(C)(O)c1ccc(B(O)OC(C)(C)C(C)(C)O)cc1F. The molecule has 0 aliphatic rings. The molecule has 0 bridgehead atoms. The molecule has 0 unspecified atom stereocenters. The van der Waals surface area contributed by atoms with Crippen LogP contribution < -0.4 is 5.46 Å². The molecule has 0 radical (unpaired) electrons. The molecule has 0 atom stereocenters. The lowest BCUT2D eigenvalue weighted by Gasteiger charge is -2.38. The van der Waals surface area contributed by atoms with E-state index in [2.05, 4.69) is 0 Å². The molecule has 0 aromatic heterocycles. The van der Waals surface area contributed by atoms with Crippen LogP contribution >= 0.6 is 0 Å². The van der Waals surface area contributed by atoms with E-state index in [0.717, 1.165) is 6.07 Å². The molecule has 0 aliphatic heterocycles. The molecule has 3 N–H and O–H groups in total. The van der Waals surface area contributed by atoms with Gasteiger partial charge < -0.3 is 19.9 Å². The summed E-state index contributed by atoms with van der Waals surface area (Å²) in [6.07, 6.45) is 0. The second-order valence-corrected chi connectivity index (χ2v) is 6.84. The minimum Gasteiger partial charge on any atom is -0.423 e. The van der Waals surface area contributed by atoms with Gasteiger partial charge in [-0.2, -0.15) is 0 Å². The van der Waals surface area contributed by atoms with Gasteiger partial charge in [0.25, 0.3) is 0 Å². The molecule has 1 aromatic rings. The zero-order valence-corrected chi connectivity index (χ0v) is 13.4. The summed E-state index contributed by atoms with van der Waals surface area (Å²) in [5, 5.41) is 29.9. The summed E-state index contributed by atoms with van der Waals surface area (Å²) in [6, 6.07) is 4.02. The number of aliphatic hydroxyl groups is 2. The van der Waals surface area contributed by atoms with Crippen molar-refractivity contribution in [2.24, 2.45) is 0 Å². The Bertz CT molecular complexity index is 503. The van der Waals surface area contributed by atoms with Gasteiger partial charge in [0.05, 0.1) is 16.8 Å². The van der Waals surface area contributed by atoms with Crippen molar-refractivity contribution < 1.29 is 24.3 Å². The van der Waals surface area contributed by atoms with Crippen molar-refractivity contribution in [3.8, 4) is 0 Å². The maximum Gasteiger partial charge on any atom is 0.491 e. The minimum atomic E-state index is -1.38. The van der Waals surface area contributed by atoms with Crippen LogP contribution in [0.5, 0.6) is 0 Å². The summed E-state index contributed by atoms with van der Waals surface area (Å²) >= 11 is 0. The Labute approximate surface area is 125 Å². The number of halogens is 1. The smallest absolute Gasteiger partial charge is 0.423 e. The maximum atomic E-state index is 14.0. The van der Waals surface area contributed by atoms with Crippen molar-refractivity contribution in [2.75, 3.05) is 0 Å². The van der Waals surface area contributed by atoms with Gasteiger partial charge in [0.1, 0.15) is 5.82 Å². The monoisotopic (exact) mass is 298 g/mol. The first kappa shape index (κ1) is 18.1. The number of hydrogen-bond donors (Lipinski definition) is 3. The molecule has 4 nitrogen and oxygen atoms in total. The normalized spacial score (nSPS) is 13.4. The molecule has 0 saturated carbocycles. The van der Waals surface area contributed by atoms with Gasteiger partial charge in [-0.05, 0) is 53.1 Å². The van der Waals surface area contributed by atoms with Crippen molar-refractivity contribution in [1.82, 2.24) is 0 Å². The molecule has 6 heteroatoms. The maximum absolute atomic E-state index is 14.0. The lowest BCUT2D eigenvalue weighted by Crippen LogP contribution is -2.53. The highest BCUT2D eigenvalue weighted by Crippen LogP contribution is 2.26. The zero-order chi connectivity index (χ0) is 16.6. The summed E-state index contributed by atoms with van der Waals surface area (Å²) in [7, 11) is -1.38. The third-order valence-electron chi connectivity index (χ3n) is 3.82. The molecule has 1 aromatic carbocycles. The van der Waals surface area contributed by atoms with Crippen LogP contribution in [-0.2, 0) is 10.3 Å². The summed E-state index contributed by atoms with van der Waals surface area (Å²) in [6.45, 7) is 9.37. The fourth-order valence-corrected chi connectivity index (χ4v) is 1.67. The summed E-state index contributed by atoms with van der Waals surface area (Å²) in [5.74, 6) is -0.622. The molecule has 1 rings (SSSR count). The fourth-order valence-electron chi connectivity index (χ4n) is 1.67. The van der Waals surface area contributed by atoms with Gasteiger partial charge in [-0.3, -0.25) is 0 Å². The predicted molar refractivity (Wildman–Crippen MR) is 80.7 cm³/mol. The Kier molecular flexibility index (Phi) is 4.90. The molecular weight excluding hydrogens is 274 g/mol. The van der Waals surface area contributed by atoms with Crippen LogP contribution in [0.4, 0.5) is 4.39 Å². The minimum absolute atomic E-state index is 0.139. The highest BCUT2D eigenvalue weighted by molar-refractivity contribution is 6.60. The first-order valence-corrected chi connectivity index (χ1v) is 6.86. The van der Waals surface area contributed by atoms with E-state index in [1.807, 2.05) is 0 Å². The van der Waals surface area contributed by atoms with E-state index in [9.17, 15) is 19.6 Å². The molecule has 0 aliphatic carbocycles. The van der Waals surface area contributed by atoms with E-state index in [4.69, 9.17) is 4.65 Å². The Balaban J connectivity index is 3.00. The van der Waals surface area contributed by atoms with Crippen LogP contribution in [0.1, 0.15) is 47.1 Å². The molecule has 0 spiro atoms. The van der Waals surface area contributed by atoms with E-state index in [1.165, 1.54) is 26.0 Å². The first-order chi connectivity index (χ1) is 9.25. The number of hydrogen-bond acceptors (Lipinski definition) is 4. The Hall–Kier alpha value is -0.945. The lowest BCUT2D eigenvalue weighted by atomic mass is 9.75. The summed E-state index contributed by atoms with van der Waals surface area (Å²) in [5.41, 5.74) is -3.16. The van der Waals surface area contributed by atoms with Crippen LogP contribution in [0.25, 0.3) is 0 Å². The molecular formula is C15H24BFO4.